The molecule has 1 aromatic carbocycles. The Balaban J connectivity index is 2.24. The van der Waals surface area contributed by atoms with Crippen LogP contribution in [0.25, 0.3) is 0 Å². The van der Waals surface area contributed by atoms with Crippen molar-refractivity contribution in [1.82, 2.24) is 5.32 Å². The van der Waals surface area contributed by atoms with Crippen LogP contribution in [0.4, 0.5) is 0 Å². The standard InChI is InChI=1S/C14H19Cl2NOS/c1-14(2,3)13(18)17-6-7-19-9-10-4-5-11(15)12(16)8-10/h4-5,8H,6-7,9H2,1-3H3,(H,17,18). The van der Waals surface area contributed by atoms with E-state index < -0.39 is 0 Å². The molecule has 0 unspecified atom stereocenters. The van der Waals surface area contributed by atoms with Crippen LogP contribution in [0.2, 0.25) is 10.0 Å². The summed E-state index contributed by atoms with van der Waals surface area (Å²) >= 11 is 13.6. The number of benzene rings is 1. The summed E-state index contributed by atoms with van der Waals surface area (Å²) in [6.45, 7) is 6.41. The molecule has 2 nitrogen and oxygen atoms in total. The van der Waals surface area contributed by atoms with Gasteiger partial charge in [-0.2, -0.15) is 11.8 Å². The molecule has 0 radical (unpaired) electrons. The van der Waals surface area contributed by atoms with Crippen molar-refractivity contribution in [2.45, 2.75) is 26.5 Å². The molecule has 19 heavy (non-hydrogen) atoms. The highest BCUT2D eigenvalue weighted by molar-refractivity contribution is 7.98. The lowest BCUT2D eigenvalue weighted by Gasteiger charge is -2.17. The summed E-state index contributed by atoms with van der Waals surface area (Å²) in [7, 11) is 0. The summed E-state index contributed by atoms with van der Waals surface area (Å²) in [5.74, 6) is 1.83. The van der Waals surface area contributed by atoms with E-state index in [1.54, 1.807) is 17.8 Å². The lowest BCUT2D eigenvalue weighted by Crippen LogP contribution is -2.36. The van der Waals surface area contributed by atoms with Crippen molar-refractivity contribution in [3.05, 3.63) is 33.8 Å². The van der Waals surface area contributed by atoms with Gasteiger partial charge in [-0.15, -0.1) is 0 Å². The Bertz CT molecular complexity index is 444. The number of rotatable bonds is 5. The van der Waals surface area contributed by atoms with Crippen LogP contribution in [-0.2, 0) is 10.5 Å². The summed E-state index contributed by atoms with van der Waals surface area (Å²) in [4.78, 5) is 11.6. The lowest BCUT2D eigenvalue weighted by molar-refractivity contribution is -0.128. The predicted molar refractivity (Wildman–Crippen MR) is 85.1 cm³/mol. The third-order valence-corrected chi connectivity index (χ3v) is 4.24. The van der Waals surface area contributed by atoms with E-state index in [4.69, 9.17) is 23.2 Å². The van der Waals surface area contributed by atoms with Gasteiger partial charge >= 0.3 is 0 Å². The summed E-state index contributed by atoms with van der Waals surface area (Å²) < 4.78 is 0. The van der Waals surface area contributed by atoms with E-state index >= 15 is 0 Å². The van der Waals surface area contributed by atoms with Gasteiger partial charge in [0.2, 0.25) is 5.91 Å². The minimum atomic E-state index is -0.325. The molecular weight excluding hydrogens is 301 g/mol. The quantitative estimate of drug-likeness (QED) is 0.815. The zero-order valence-electron chi connectivity index (χ0n) is 11.4. The normalized spacial score (nSPS) is 11.4. The maximum Gasteiger partial charge on any atom is 0.225 e. The van der Waals surface area contributed by atoms with E-state index in [0.717, 1.165) is 17.1 Å². The van der Waals surface area contributed by atoms with Crippen molar-refractivity contribution in [1.29, 1.82) is 0 Å². The smallest absolute Gasteiger partial charge is 0.225 e. The molecule has 0 atom stereocenters. The Morgan fingerprint density at radius 2 is 1.95 bits per heavy atom. The fourth-order valence-electron chi connectivity index (χ4n) is 1.32. The fourth-order valence-corrected chi connectivity index (χ4v) is 2.45. The number of carbonyl (C=O) groups excluding carboxylic acids is 1. The molecule has 5 heteroatoms. The van der Waals surface area contributed by atoms with Crippen LogP contribution in [0.5, 0.6) is 0 Å². The van der Waals surface area contributed by atoms with Crippen LogP contribution in [0.1, 0.15) is 26.3 Å². The van der Waals surface area contributed by atoms with Gasteiger partial charge in [0.05, 0.1) is 10.0 Å². The van der Waals surface area contributed by atoms with Crippen LogP contribution in [-0.4, -0.2) is 18.2 Å². The Kier molecular flexibility index (Phi) is 6.51. The number of hydrogen-bond donors (Lipinski definition) is 1. The highest BCUT2D eigenvalue weighted by atomic mass is 35.5. The molecular formula is C14H19Cl2NOS. The van der Waals surface area contributed by atoms with E-state index in [1.165, 1.54) is 0 Å². The lowest BCUT2D eigenvalue weighted by atomic mass is 9.96. The summed E-state index contributed by atoms with van der Waals surface area (Å²) in [5.41, 5.74) is 0.815. The number of halogens is 2. The molecule has 0 aromatic heterocycles. The first-order valence-electron chi connectivity index (χ1n) is 6.10. The zero-order chi connectivity index (χ0) is 14.5. The van der Waals surface area contributed by atoms with Gasteiger partial charge in [0, 0.05) is 23.5 Å². The molecule has 0 heterocycles. The Labute approximate surface area is 129 Å². The SMILES string of the molecule is CC(C)(C)C(=O)NCCSCc1ccc(Cl)c(Cl)c1. The maximum absolute atomic E-state index is 11.6. The summed E-state index contributed by atoms with van der Waals surface area (Å²) in [5, 5.41) is 4.08. The fraction of sp³-hybridized carbons (Fsp3) is 0.500. The maximum atomic E-state index is 11.6. The monoisotopic (exact) mass is 319 g/mol. The number of hydrogen-bond acceptors (Lipinski definition) is 2. The van der Waals surface area contributed by atoms with Gasteiger partial charge in [0.1, 0.15) is 0 Å². The van der Waals surface area contributed by atoms with Crippen molar-refractivity contribution in [2.75, 3.05) is 12.3 Å². The Morgan fingerprint density at radius 3 is 2.53 bits per heavy atom. The van der Waals surface area contributed by atoms with E-state index in [2.05, 4.69) is 5.32 Å². The molecule has 0 aliphatic carbocycles. The second kappa shape index (κ2) is 7.41. The van der Waals surface area contributed by atoms with Crippen molar-refractivity contribution >= 4 is 40.9 Å². The van der Waals surface area contributed by atoms with Crippen LogP contribution in [0.3, 0.4) is 0 Å². The first kappa shape index (κ1) is 16.7. The van der Waals surface area contributed by atoms with Crippen LogP contribution in [0, 0.1) is 5.41 Å². The molecule has 0 spiro atoms. The van der Waals surface area contributed by atoms with Gasteiger partial charge in [0.25, 0.3) is 0 Å². The first-order chi connectivity index (χ1) is 8.80. The minimum Gasteiger partial charge on any atom is -0.355 e. The molecule has 0 bridgehead atoms. The van der Waals surface area contributed by atoms with Gasteiger partial charge in [-0.05, 0) is 17.7 Å². The Morgan fingerprint density at radius 1 is 1.26 bits per heavy atom. The first-order valence-corrected chi connectivity index (χ1v) is 8.02. The summed E-state index contributed by atoms with van der Waals surface area (Å²) in [6, 6.07) is 5.65. The predicted octanol–water partition coefficient (Wildman–Crippen LogP) is 4.39. The third-order valence-electron chi connectivity index (χ3n) is 2.47. The minimum absolute atomic E-state index is 0.0858. The molecule has 1 amide bonds. The van der Waals surface area contributed by atoms with E-state index in [9.17, 15) is 4.79 Å². The molecule has 0 aliphatic heterocycles. The highest BCUT2D eigenvalue weighted by Crippen LogP contribution is 2.24. The van der Waals surface area contributed by atoms with Crippen molar-refractivity contribution in [2.24, 2.45) is 5.41 Å². The van der Waals surface area contributed by atoms with Crippen LogP contribution in [0.15, 0.2) is 18.2 Å². The second-order valence-electron chi connectivity index (χ2n) is 5.31. The van der Waals surface area contributed by atoms with Crippen molar-refractivity contribution in [3.63, 3.8) is 0 Å². The Hall–Kier alpha value is -0.380. The number of amides is 1. The highest BCUT2D eigenvalue weighted by Gasteiger charge is 2.20. The molecule has 0 fully saturated rings. The zero-order valence-corrected chi connectivity index (χ0v) is 13.8. The molecule has 0 saturated carbocycles. The van der Waals surface area contributed by atoms with E-state index in [1.807, 2.05) is 32.9 Å². The average Bonchev–Trinajstić information content (AvgIpc) is 2.31. The molecule has 106 valence electrons. The van der Waals surface area contributed by atoms with Crippen LogP contribution < -0.4 is 5.32 Å². The van der Waals surface area contributed by atoms with Crippen molar-refractivity contribution < 1.29 is 4.79 Å². The van der Waals surface area contributed by atoms with Gasteiger partial charge in [-0.1, -0.05) is 50.0 Å². The van der Waals surface area contributed by atoms with E-state index in [-0.39, 0.29) is 11.3 Å². The van der Waals surface area contributed by atoms with Gasteiger partial charge in [-0.25, -0.2) is 0 Å². The van der Waals surface area contributed by atoms with Gasteiger partial charge in [-0.3, -0.25) is 4.79 Å². The number of carbonyl (C=O) groups is 1. The van der Waals surface area contributed by atoms with Gasteiger partial charge in [0.15, 0.2) is 0 Å². The third kappa shape index (κ3) is 6.07. The van der Waals surface area contributed by atoms with Gasteiger partial charge < -0.3 is 5.32 Å². The average molecular weight is 320 g/mol. The summed E-state index contributed by atoms with van der Waals surface area (Å²) in [6.07, 6.45) is 0. The van der Waals surface area contributed by atoms with E-state index in [0.29, 0.717) is 16.6 Å². The number of thioether (sulfide) groups is 1. The molecule has 0 saturated heterocycles. The largest absolute Gasteiger partial charge is 0.355 e. The topological polar surface area (TPSA) is 29.1 Å². The van der Waals surface area contributed by atoms with Crippen molar-refractivity contribution in [3.8, 4) is 0 Å². The molecule has 1 rings (SSSR count). The second-order valence-corrected chi connectivity index (χ2v) is 7.23. The molecule has 0 aliphatic rings. The molecule has 1 N–H and O–H groups in total. The van der Waals surface area contributed by atoms with Crippen LogP contribution >= 0.6 is 35.0 Å². The number of nitrogens with one attached hydrogen (secondary N) is 1. The molecule has 1 aromatic rings.